The predicted octanol–water partition coefficient (Wildman–Crippen LogP) is 4.67. The average Bonchev–Trinajstić information content (AvgIpc) is 2.48. The quantitative estimate of drug-likeness (QED) is 0.828. The molecule has 20 heavy (non-hydrogen) atoms. The third kappa shape index (κ3) is 2.94. The maximum atomic E-state index is 3.82. The Morgan fingerprint density at radius 3 is 2.15 bits per heavy atom. The highest BCUT2D eigenvalue weighted by atomic mass is 15.0. The Balaban J connectivity index is 1.55. The van der Waals surface area contributed by atoms with Gasteiger partial charge >= 0.3 is 0 Å². The fourth-order valence-corrected chi connectivity index (χ4v) is 3.17. The molecule has 1 atom stereocenters. The minimum absolute atomic E-state index is 0.498. The smallest absolute Gasteiger partial charge is 0.0320 e. The summed E-state index contributed by atoms with van der Waals surface area (Å²) in [6.07, 6.45) is 3.69. The van der Waals surface area contributed by atoms with Gasteiger partial charge in [-0.05, 0) is 36.3 Å². The Morgan fingerprint density at radius 2 is 1.55 bits per heavy atom. The van der Waals surface area contributed by atoms with Crippen molar-refractivity contribution in [1.29, 1.82) is 0 Å². The summed E-state index contributed by atoms with van der Waals surface area (Å²) in [6, 6.07) is 22.9. The van der Waals surface area contributed by atoms with E-state index in [1.807, 2.05) is 0 Å². The van der Waals surface area contributed by atoms with E-state index in [0.29, 0.717) is 12.1 Å². The van der Waals surface area contributed by atoms with Crippen LogP contribution in [0.25, 0.3) is 0 Å². The fourth-order valence-electron chi connectivity index (χ4n) is 3.17. The van der Waals surface area contributed by atoms with Crippen molar-refractivity contribution in [2.45, 2.75) is 44.2 Å². The molecular weight excluding hydrogens is 242 g/mol. The minimum atomic E-state index is 0.498. The highest BCUT2D eigenvalue weighted by Crippen LogP contribution is 2.38. The van der Waals surface area contributed by atoms with Gasteiger partial charge in [0.2, 0.25) is 0 Å². The number of hydrogen-bond donors (Lipinski definition) is 1. The van der Waals surface area contributed by atoms with E-state index in [1.54, 1.807) is 0 Å². The lowest BCUT2D eigenvalue weighted by Crippen LogP contribution is -2.41. The van der Waals surface area contributed by atoms with Crippen LogP contribution in [0.3, 0.4) is 0 Å². The summed E-state index contributed by atoms with van der Waals surface area (Å²) in [7, 11) is 0. The molecule has 0 aliphatic heterocycles. The van der Waals surface area contributed by atoms with E-state index in [9.17, 15) is 0 Å². The van der Waals surface area contributed by atoms with Crippen LogP contribution in [0, 0.1) is 0 Å². The lowest BCUT2D eigenvalue weighted by atomic mass is 9.75. The third-order valence-electron chi connectivity index (χ3n) is 4.46. The SMILES string of the molecule is CCC(NC1CC(c2ccccc2)C1)c1ccccc1. The zero-order valence-corrected chi connectivity index (χ0v) is 12.1. The van der Waals surface area contributed by atoms with Gasteiger partial charge in [0.25, 0.3) is 0 Å². The zero-order valence-electron chi connectivity index (χ0n) is 12.1. The third-order valence-corrected chi connectivity index (χ3v) is 4.46. The molecule has 104 valence electrons. The van der Waals surface area contributed by atoms with E-state index in [2.05, 4.69) is 72.9 Å². The molecule has 0 saturated heterocycles. The summed E-state index contributed by atoms with van der Waals surface area (Å²) in [4.78, 5) is 0. The molecule has 0 amide bonds. The monoisotopic (exact) mass is 265 g/mol. The molecule has 1 aliphatic rings. The summed E-state index contributed by atoms with van der Waals surface area (Å²) < 4.78 is 0. The number of hydrogen-bond acceptors (Lipinski definition) is 1. The highest BCUT2D eigenvalue weighted by Gasteiger charge is 2.31. The lowest BCUT2D eigenvalue weighted by molar-refractivity contribution is 0.262. The van der Waals surface area contributed by atoms with Crippen LogP contribution in [0.15, 0.2) is 60.7 Å². The molecular formula is C19H23N. The van der Waals surface area contributed by atoms with Gasteiger partial charge in [0.15, 0.2) is 0 Å². The second kappa shape index (κ2) is 6.23. The van der Waals surface area contributed by atoms with E-state index in [1.165, 1.54) is 24.0 Å². The van der Waals surface area contributed by atoms with Crippen molar-refractivity contribution in [3.8, 4) is 0 Å². The van der Waals surface area contributed by atoms with E-state index >= 15 is 0 Å². The molecule has 2 aromatic carbocycles. The molecule has 1 saturated carbocycles. The molecule has 2 aromatic rings. The van der Waals surface area contributed by atoms with Gasteiger partial charge in [-0.25, -0.2) is 0 Å². The summed E-state index contributed by atoms with van der Waals surface area (Å²) in [5.74, 6) is 0.752. The maximum absolute atomic E-state index is 3.82. The molecule has 0 bridgehead atoms. The zero-order chi connectivity index (χ0) is 13.8. The van der Waals surface area contributed by atoms with Crippen LogP contribution in [0.5, 0.6) is 0 Å². The second-order valence-corrected chi connectivity index (χ2v) is 5.81. The molecule has 1 nitrogen and oxygen atoms in total. The molecule has 1 heteroatoms. The predicted molar refractivity (Wildman–Crippen MR) is 84.8 cm³/mol. The highest BCUT2D eigenvalue weighted by molar-refractivity contribution is 5.24. The summed E-state index contributed by atoms with van der Waals surface area (Å²) in [6.45, 7) is 2.26. The maximum Gasteiger partial charge on any atom is 0.0320 e. The topological polar surface area (TPSA) is 12.0 Å². The summed E-state index contributed by atoms with van der Waals surface area (Å²) in [5.41, 5.74) is 2.91. The Hall–Kier alpha value is -1.60. The molecule has 0 radical (unpaired) electrons. The van der Waals surface area contributed by atoms with Crippen molar-refractivity contribution in [1.82, 2.24) is 5.32 Å². The second-order valence-electron chi connectivity index (χ2n) is 5.81. The molecule has 0 heterocycles. The number of benzene rings is 2. The van der Waals surface area contributed by atoms with Gasteiger partial charge in [-0.3, -0.25) is 0 Å². The molecule has 3 rings (SSSR count). The molecule has 1 N–H and O–H groups in total. The summed E-state index contributed by atoms with van der Waals surface area (Å²) >= 11 is 0. The van der Waals surface area contributed by atoms with Crippen LogP contribution in [0.2, 0.25) is 0 Å². The van der Waals surface area contributed by atoms with Crippen molar-refractivity contribution in [2.24, 2.45) is 0 Å². The Bertz CT molecular complexity index is 514. The van der Waals surface area contributed by atoms with Crippen LogP contribution < -0.4 is 5.32 Å². The van der Waals surface area contributed by atoms with Gasteiger partial charge in [-0.15, -0.1) is 0 Å². The van der Waals surface area contributed by atoms with Crippen molar-refractivity contribution in [3.63, 3.8) is 0 Å². The van der Waals surface area contributed by atoms with Crippen LogP contribution >= 0.6 is 0 Å². The van der Waals surface area contributed by atoms with Crippen LogP contribution in [0.1, 0.15) is 49.3 Å². The Morgan fingerprint density at radius 1 is 0.950 bits per heavy atom. The van der Waals surface area contributed by atoms with Crippen LogP contribution in [-0.2, 0) is 0 Å². The normalized spacial score (nSPS) is 23.1. The first-order chi connectivity index (χ1) is 9.86. The van der Waals surface area contributed by atoms with Gasteiger partial charge in [-0.1, -0.05) is 67.6 Å². The van der Waals surface area contributed by atoms with Gasteiger partial charge in [0, 0.05) is 12.1 Å². The Labute approximate surface area is 122 Å². The van der Waals surface area contributed by atoms with E-state index in [0.717, 1.165) is 12.3 Å². The van der Waals surface area contributed by atoms with Crippen molar-refractivity contribution >= 4 is 0 Å². The van der Waals surface area contributed by atoms with Crippen molar-refractivity contribution in [3.05, 3.63) is 71.8 Å². The first-order valence-corrected chi connectivity index (χ1v) is 7.72. The van der Waals surface area contributed by atoms with Gasteiger partial charge in [-0.2, -0.15) is 0 Å². The van der Waals surface area contributed by atoms with Crippen molar-refractivity contribution in [2.75, 3.05) is 0 Å². The molecule has 1 unspecified atom stereocenters. The molecule has 1 fully saturated rings. The van der Waals surface area contributed by atoms with Gasteiger partial charge < -0.3 is 5.32 Å². The molecule has 0 spiro atoms. The van der Waals surface area contributed by atoms with E-state index in [-0.39, 0.29) is 0 Å². The number of nitrogens with one attached hydrogen (secondary N) is 1. The van der Waals surface area contributed by atoms with Crippen molar-refractivity contribution < 1.29 is 0 Å². The van der Waals surface area contributed by atoms with Gasteiger partial charge in [0.05, 0.1) is 0 Å². The average molecular weight is 265 g/mol. The van der Waals surface area contributed by atoms with Crippen LogP contribution in [0.4, 0.5) is 0 Å². The minimum Gasteiger partial charge on any atom is -0.307 e. The van der Waals surface area contributed by atoms with Crippen LogP contribution in [-0.4, -0.2) is 6.04 Å². The lowest BCUT2D eigenvalue weighted by Gasteiger charge is -2.39. The van der Waals surface area contributed by atoms with E-state index in [4.69, 9.17) is 0 Å². The standard InChI is InChI=1S/C19H23N/c1-2-19(16-11-7-4-8-12-16)20-18-13-17(14-18)15-9-5-3-6-10-15/h3-12,17-20H,2,13-14H2,1H3. The first-order valence-electron chi connectivity index (χ1n) is 7.72. The Kier molecular flexibility index (Phi) is 4.17. The first kappa shape index (κ1) is 13.4. The fraction of sp³-hybridized carbons (Fsp3) is 0.368. The largest absolute Gasteiger partial charge is 0.307 e. The molecule has 0 aromatic heterocycles. The molecule has 1 aliphatic carbocycles. The van der Waals surface area contributed by atoms with Gasteiger partial charge in [0.1, 0.15) is 0 Å². The summed E-state index contributed by atoms with van der Waals surface area (Å²) in [5, 5.41) is 3.82. The number of rotatable bonds is 5. The van der Waals surface area contributed by atoms with E-state index < -0.39 is 0 Å².